The van der Waals surface area contributed by atoms with Gasteiger partial charge in [-0.15, -0.1) is 0 Å². The Bertz CT molecular complexity index is 454. The smallest absolute Gasteiger partial charge is 0.188 e. The van der Waals surface area contributed by atoms with Crippen molar-refractivity contribution in [3.8, 4) is 0 Å². The number of ketones is 1. The Morgan fingerprint density at radius 1 is 1.25 bits per heavy atom. The highest BCUT2D eigenvalue weighted by Gasteiger charge is 2.10. The maximum atomic E-state index is 12.0. The molecule has 0 unspecified atom stereocenters. The Kier molecular flexibility index (Phi) is 5.71. The summed E-state index contributed by atoms with van der Waals surface area (Å²) >= 11 is 0. The van der Waals surface area contributed by atoms with Crippen molar-refractivity contribution >= 4 is 5.78 Å². The molecule has 0 spiro atoms. The first-order valence-electron chi connectivity index (χ1n) is 7.28. The maximum Gasteiger partial charge on any atom is 0.188 e. The molecule has 1 N–H and O–H groups in total. The monoisotopic (exact) mass is 276 g/mol. The third kappa shape index (κ3) is 4.40. The fourth-order valence-corrected chi connectivity index (χ4v) is 2.29. The van der Waals surface area contributed by atoms with Gasteiger partial charge in [-0.1, -0.05) is 12.1 Å². The first-order valence-corrected chi connectivity index (χ1v) is 7.28. The fourth-order valence-electron chi connectivity index (χ4n) is 2.29. The lowest BCUT2D eigenvalue weighted by Crippen LogP contribution is -2.44. The van der Waals surface area contributed by atoms with E-state index in [1.165, 1.54) is 5.56 Å². The molecule has 1 aromatic rings. The van der Waals surface area contributed by atoms with Gasteiger partial charge >= 0.3 is 0 Å². The van der Waals surface area contributed by atoms with Crippen molar-refractivity contribution < 1.29 is 9.53 Å². The van der Waals surface area contributed by atoms with E-state index in [1.807, 2.05) is 32.0 Å². The number of nitrogens with one attached hydrogen (secondary N) is 1. The van der Waals surface area contributed by atoms with Crippen LogP contribution < -0.4 is 5.32 Å². The molecule has 110 valence electrons. The van der Waals surface area contributed by atoms with E-state index in [2.05, 4.69) is 10.2 Å². The van der Waals surface area contributed by atoms with Gasteiger partial charge in [0.25, 0.3) is 0 Å². The van der Waals surface area contributed by atoms with Gasteiger partial charge in [0.2, 0.25) is 0 Å². The molecule has 0 radical (unpaired) electrons. The molecule has 4 heteroatoms. The molecule has 2 rings (SSSR count). The third-order valence-electron chi connectivity index (χ3n) is 3.82. The molecule has 1 aliphatic heterocycles. The average molecular weight is 276 g/mol. The SMILES string of the molecule is Cc1ccc(C(=O)COCCN2CCNCC2)cc1C. The van der Waals surface area contributed by atoms with Gasteiger partial charge in [0.1, 0.15) is 6.61 Å². The van der Waals surface area contributed by atoms with Gasteiger partial charge in [0, 0.05) is 38.3 Å². The number of carbonyl (C=O) groups is 1. The lowest BCUT2D eigenvalue weighted by atomic mass is 10.0. The molecule has 1 aliphatic rings. The second-order valence-corrected chi connectivity index (χ2v) is 5.37. The first kappa shape index (κ1) is 15.2. The fraction of sp³-hybridized carbons (Fsp3) is 0.562. The molecular weight excluding hydrogens is 252 g/mol. The summed E-state index contributed by atoms with van der Waals surface area (Å²) in [5, 5.41) is 3.32. The normalized spacial score (nSPS) is 16.3. The van der Waals surface area contributed by atoms with E-state index < -0.39 is 0 Å². The lowest BCUT2D eigenvalue weighted by Gasteiger charge is -2.26. The Morgan fingerprint density at radius 2 is 2.00 bits per heavy atom. The van der Waals surface area contributed by atoms with E-state index >= 15 is 0 Å². The predicted molar refractivity (Wildman–Crippen MR) is 80.4 cm³/mol. The van der Waals surface area contributed by atoms with Crippen molar-refractivity contribution in [1.29, 1.82) is 0 Å². The van der Waals surface area contributed by atoms with E-state index in [-0.39, 0.29) is 12.4 Å². The van der Waals surface area contributed by atoms with Crippen LogP contribution in [0.5, 0.6) is 0 Å². The largest absolute Gasteiger partial charge is 0.372 e. The topological polar surface area (TPSA) is 41.6 Å². The highest BCUT2D eigenvalue weighted by Crippen LogP contribution is 2.10. The van der Waals surface area contributed by atoms with Crippen LogP contribution in [0.2, 0.25) is 0 Å². The second-order valence-electron chi connectivity index (χ2n) is 5.37. The minimum absolute atomic E-state index is 0.0633. The van der Waals surface area contributed by atoms with Crippen molar-refractivity contribution in [3.05, 3.63) is 34.9 Å². The second kappa shape index (κ2) is 7.53. The van der Waals surface area contributed by atoms with Gasteiger partial charge in [-0.3, -0.25) is 9.69 Å². The molecule has 0 bridgehead atoms. The Hall–Kier alpha value is -1.23. The summed E-state index contributed by atoms with van der Waals surface area (Å²) in [4.78, 5) is 14.4. The van der Waals surface area contributed by atoms with Gasteiger partial charge in [-0.2, -0.15) is 0 Å². The highest BCUT2D eigenvalue weighted by atomic mass is 16.5. The zero-order valence-electron chi connectivity index (χ0n) is 12.4. The van der Waals surface area contributed by atoms with Crippen molar-refractivity contribution in [3.63, 3.8) is 0 Å². The van der Waals surface area contributed by atoms with Gasteiger partial charge in [-0.05, 0) is 31.0 Å². The summed E-state index contributed by atoms with van der Waals surface area (Å²) in [5.74, 6) is 0.0633. The van der Waals surface area contributed by atoms with Crippen LogP contribution in [0.3, 0.4) is 0 Å². The van der Waals surface area contributed by atoms with Crippen LogP contribution in [0.1, 0.15) is 21.5 Å². The molecule has 4 nitrogen and oxygen atoms in total. The Balaban J connectivity index is 1.70. The molecule has 0 atom stereocenters. The molecule has 1 fully saturated rings. The van der Waals surface area contributed by atoms with Crippen molar-refractivity contribution in [2.45, 2.75) is 13.8 Å². The van der Waals surface area contributed by atoms with Crippen LogP contribution in [-0.2, 0) is 4.74 Å². The van der Waals surface area contributed by atoms with Crippen LogP contribution in [0.15, 0.2) is 18.2 Å². The number of benzene rings is 1. The van der Waals surface area contributed by atoms with Gasteiger partial charge in [0.15, 0.2) is 5.78 Å². The van der Waals surface area contributed by atoms with E-state index in [1.54, 1.807) is 0 Å². The molecule has 0 aliphatic carbocycles. The molecular formula is C16H24N2O2. The van der Waals surface area contributed by atoms with Crippen molar-refractivity contribution in [2.75, 3.05) is 45.9 Å². The summed E-state index contributed by atoms with van der Waals surface area (Å²) in [6, 6.07) is 5.81. The molecule has 1 saturated heterocycles. The highest BCUT2D eigenvalue weighted by molar-refractivity contribution is 5.97. The van der Waals surface area contributed by atoms with Crippen LogP contribution >= 0.6 is 0 Å². The number of aryl methyl sites for hydroxylation is 2. The maximum absolute atomic E-state index is 12.0. The van der Waals surface area contributed by atoms with Gasteiger partial charge in [0.05, 0.1) is 6.61 Å². The van der Waals surface area contributed by atoms with Crippen molar-refractivity contribution in [1.82, 2.24) is 10.2 Å². The molecule has 0 amide bonds. The summed E-state index contributed by atoms with van der Waals surface area (Å²) in [5.41, 5.74) is 3.10. The minimum atomic E-state index is 0.0633. The quantitative estimate of drug-likeness (QED) is 0.630. The molecule has 1 heterocycles. The number of rotatable bonds is 6. The third-order valence-corrected chi connectivity index (χ3v) is 3.82. The van der Waals surface area contributed by atoms with Crippen LogP contribution in [0.25, 0.3) is 0 Å². The van der Waals surface area contributed by atoms with Crippen LogP contribution in [0, 0.1) is 13.8 Å². The van der Waals surface area contributed by atoms with E-state index in [4.69, 9.17) is 4.74 Å². The van der Waals surface area contributed by atoms with Crippen LogP contribution in [-0.4, -0.2) is 56.6 Å². The summed E-state index contributed by atoms with van der Waals surface area (Å²) in [6.45, 7) is 9.99. The van der Waals surface area contributed by atoms with E-state index in [0.717, 1.165) is 43.9 Å². The average Bonchev–Trinajstić information content (AvgIpc) is 2.47. The van der Waals surface area contributed by atoms with Gasteiger partial charge < -0.3 is 10.1 Å². The van der Waals surface area contributed by atoms with Gasteiger partial charge in [-0.25, -0.2) is 0 Å². The zero-order chi connectivity index (χ0) is 14.4. The standard InChI is InChI=1S/C16H24N2O2/c1-13-3-4-15(11-14(13)2)16(19)12-20-10-9-18-7-5-17-6-8-18/h3-4,11,17H,5-10,12H2,1-2H3. The number of Topliss-reactive ketones (excluding diaryl/α,β-unsaturated/α-hetero) is 1. The molecule has 20 heavy (non-hydrogen) atoms. The summed E-state index contributed by atoms with van der Waals surface area (Å²) in [7, 11) is 0. The predicted octanol–water partition coefficient (Wildman–Crippen LogP) is 1.41. The van der Waals surface area contributed by atoms with E-state index in [0.29, 0.717) is 6.61 Å². The number of ether oxygens (including phenoxy) is 1. The Morgan fingerprint density at radius 3 is 2.70 bits per heavy atom. The lowest BCUT2D eigenvalue weighted by molar-refractivity contribution is 0.0689. The van der Waals surface area contributed by atoms with Crippen LogP contribution in [0.4, 0.5) is 0 Å². The van der Waals surface area contributed by atoms with E-state index in [9.17, 15) is 4.79 Å². The molecule has 0 saturated carbocycles. The number of hydrogen-bond acceptors (Lipinski definition) is 4. The first-order chi connectivity index (χ1) is 9.66. The zero-order valence-corrected chi connectivity index (χ0v) is 12.4. The number of hydrogen-bond donors (Lipinski definition) is 1. The number of piperazine rings is 1. The number of nitrogens with zero attached hydrogens (tertiary/aromatic N) is 1. The number of carbonyl (C=O) groups excluding carboxylic acids is 1. The van der Waals surface area contributed by atoms with Crippen molar-refractivity contribution in [2.24, 2.45) is 0 Å². The summed E-state index contributed by atoms with van der Waals surface area (Å²) in [6.07, 6.45) is 0. The molecule has 1 aromatic carbocycles. The summed E-state index contributed by atoms with van der Waals surface area (Å²) < 4.78 is 5.51. The molecule has 0 aromatic heterocycles. The Labute approximate surface area is 121 Å². The minimum Gasteiger partial charge on any atom is -0.372 e.